The SMILES string of the molecule is Cc1nc(C(C)C)ncc1C(=O)NCc1ccccc1. The maximum atomic E-state index is 12.1. The van der Waals surface area contributed by atoms with Crippen LogP contribution < -0.4 is 5.32 Å². The molecule has 1 N–H and O–H groups in total. The summed E-state index contributed by atoms with van der Waals surface area (Å²) in [5, 5.41) is 2.89. The molecule has 0 aliphatic rings. The predicted molar refractivity (Wildman–Crippen MR) is 78.5 cm³/mol. The number of carbonyl (C=O) groups is 1. The number of aromatic nitrogens is 2. The average molecular weight is 269 g/mol. The van der Waals surface area contributed by atoms with Crippen molar-refractivity contribution in [3.8, 4) is 0 Å². The summed E-state index contributed by atoms with van der Waals surface area (Å²) in [7, 11) is 0. The Balaban J connectivity index is 2.06. The van der Waals surface area contributed by atoms with Crippen LogP contribution in [0, 0.1) is 6.92 Å². The molecule has 0 bridgehead atoms. The second kappa shape index (κ2) is 6.28. The summed E-state index contributed by atoms with van der Waals surface area (Å²) >= 11 is 0. The molecule has 2 aromatic rings. The third-order valence-electron chi connectivity index (χ3n) is 3.05. The van der Waals surface area contributed by atoms with E-state index >= 15 is 0 Å². The Morgan fingerprint density at radius 1 is 1.25 bits per heavy atom. The first-order valence-electron chi connectivity index (χ1n) is 6.73. The Morgan fingerprint density at radius 2 is 1.95 bits per heavy atom. The molecule has 1 heterocycles. The van der Waals surface area contributed by atoms with Crippen LogP contribution in [0.4, 0.5) is 0 Å². The maximum Gasteiger partial charge on any atom is 0.254 e. The van der Waals surface area contributed by atoms with Crippen molar-refractivity contribution in [3.05, 3.63) is 59.2 Å². The largest absolute Gasteiger partial charge is 0.348 e. The highest BCUT2D eigenvalue weighted by atomic mass is 16.1. The van der Waals surface area contributed by atoms with Crippen molar-refractivity contribution < 1.29 is 4.79 Å². The Kier molecular flexibility index (Phi) is 4.45. The van der Waals surface area contributed by atoms with Gasteiger partial charge in [-0.05, 0) is 12.5 Å². The minimum Gasteiger partial charge on any atom is -0.348 e. The molecule has 2 rings (SSSR count). The number of amides is 1. The summed E-state index contributed by atoms with van der Waals surface area (Å²) in [5.41, 5.74) is 2.32. The summed E-state index contributed by atoms with van der Waals surface area (Å²) in [4.78, 5) is 20.7. The highest BCUT2D eigenvalue weighted by Gasteiger charge is 2.12. The lowest BCUT2D eigenvalue weighted by Crippen LogP contribution is -2.24. The second-order valence-corrected chi connectivity index (χ2v) is 5.05. The van der Waals surface area contributed by atoms with Gasteiger partial charge in [0.1, 0.15) is 5.82 Å². The number of hydrogen-bond acceptors (Lipinski definition) is 3. The first-order chi connectivity index (χ1) is 9.58. The zero-order chi connectivity index (χ0) is 14.5. The van der Waals surface area contributed by atoms with Crippen LogP contribution in [0.5, 0.6) is 0 Å². The van der Waals surface area contributed by atoms with E-state index in [1.165, 1.54) is 0 Å². The molecular formula is C16H19N3O. The molecule has 20 heavy (non-hydrogen) atoms. The molecule has 0 fully saturated rings. The fourth-order valence-corrected chi connectivity index (χ4v) is 1.86. The first-order valence-corrected chi connectivity index (χ1v) is 6.73. The minimum absolute atomic E-state index is 0.137. The molecule has 104 valence electrons. The minimum atomic E-state index is -0.137. The summed E-state index contributed by atoms with van der Waals surface area (Å²) in [6.07, 6.45) is 1.61. The van der Waals surface area contributed by atoms with E-state index in [2.05, 4.69) is 15.3 Å². The molecule has 0 saturated heterocycles. The predicted octanol–water partition coefficient (Wildman–Crippen LogP) is 2.84. The lowest BCUT2D eigenvalue weighted by Gasteiger charge is -2.09. The smallest absolute Gasteiger partial charge is 0.254 e. The third kappa shape index (κ3) is 3.41. The molecule has 1 amide bonds. The quantitative estimate of drug-likeness (QED) is 0.928. The van der Waals surface area contributed by atoms with Gasteiger partial charge in [0.25, 0.3) is 5.91 Å². The van der Waals surface area contributed by atoms with Crippen molar-refractivity contribution in [3.63, 3.8) is 0 Å². The van der Waals surface area contributed by atoms with Gasteiger partial charge in [0.2, 0.25) is 0 Å². The fraction of sp³-hybridized carbons (Fsp3) is 0.312. The fourth-order valence-electron chi connectivity index (χ4n) is 1.86. The number of hydrogen-bond donors (Lipinski definition) is 1. The topological polar surface area (TPSA) is 54.9 Å². The first kappa shape index (κ1) is 14.2. The van der Waals surface area contributed by atoms with Crippen molar-refractivity contribution in [2.24, 2.45) is 0 Å². The van der Waals surface area contributed by atoms with E-state index in [1.807, 2.05) is 51.1 Å². The van der Waals surface area contributed by atoms with Crippen LogP contribution in [0.15, 0.2) is 36.5 Å². The lowest BCUT2D eigenvalue weighted by molar-refractivity contribution is 0.0949. The Bertz CT molecular complexity index is 594. The van der Waals surface area contributed by atoms with E-state index in [4.69, 9.17) is 0 Å². The van der Waals surface area contributed by atoms with Crippen LogP contribution in [-0.4, -0.2) is 15.9 Å². The zero-order valence-electron chi connectivity index (χ0n) is 12.1. The Hall–Kier alpha value is -2.23. The molecule has 0 atom stereocenters. The number of nitrogens with one attached hydrogen (secondary N) is 1. The number of rotatable bonds is 4. The van der Waals surface area contributed by atoms with Gasteiger partial charge < -0.3 is 5.32 Å². The molecule has 4 nitrogen and oxygen atoms in total. The van der Waals surface area contributed by atoms with Gasteiger partial charge in [-0.15, -0.1) is 0 Å². The standard InChI is InChI=1S/C16H19N3O/c1-11(2)15-17-10-14(12(3)19-15)16(20)18-9-13-7-5-4-6-8-13/h4-8,10-11H,9H2,1-3H3,(H,18,20). The number of benzene rings is 1. The van der Waals surface area contributed by atoms with E-state index in [0.717, 1.165) is 11.4 Å². The van der Waals surface area contributed by atoms with Crippen molar-refractivity contribution in [2.75, 3.05) is 0 Å². The molecule has 0 saturated carbocycles. The van der Waals surface area contributed by atoms with Crippen LogP contribution in [0.25, 0.3) is 0 Å². The van der Waals surface area contributed by atoms with Crippen molar-refractivity contribution >= 4 is 5.91 Å². The average Bonchev–Trinajstić information content (AvgIpc) is 2.45. The molecule has 0 spiro atoms. The zero-order valence-corrected chi connectivity index (χ0v) is 12.1. The molecule has 0 radical (unpaired) electrons. The molecule has 1 aromatic carbocycles. The molecule has 0 aliphatic carbocycles. The van der Waals surface area contributed by atoms with Gasteiger partial charge in [-0.3, -0.25) is 4.79 Å². The number of nitrogens with zero attached hydrogens (tertiary/aromatic N) is 2. The maximum absolute atomic E-state index is 12.1. The second-order valence-electron chi connectivity index (χ2n) is 5.05. The number of carbonyl (C=O) groups excluding carboxylic acids is 1. The molecule has 0 unspecified atom stereocenters. The van der Waals surface area contributed by atoms with E-state index in [1.54, 1.807) is 6.20 Å². The molecule has 0 aliphatic heterocycles. The highest BCUT2D eigenvalue weighted by molar-refractivity contribution is 5.94. The van der Waals surface area contributed by atoms with Crippen LogP contribution in [-0.2, 0) is 6.54 Å². The summed E-state index contributed by atoms with van der Waals surface area (Å²) < 4.78 is 0. The Labute approximate surface area is 119 Å². The van der Waals surface area contributed by atoms with Crippen LogP contribution in [0.1, 0.15) is 47.2 Å². The monoisotopic (exact) mass is 269 g/mol. The lowest BCUT2D eigenvalue weighted by atomic mass is 10.1. The Morgan fingerprint density at radius 3 is 2.55 bits per heavy atom. The van der Waals surface area contributed by atoms with Crippen molar-refractivity contribution in [2.45, 2.75) is 33.2 Å². The van der Waals surface area contributed by atoms with Crippen LogP contribution >= 0.6 is 0 Å². The van der Waals surface area contributed by atoms with Gasteiger partial charge in [-0.1, -0.05) is 44.2 Å². The summed E-state index contributed by atoms with van der Waals surface area (Å²) in [5.74, 6) is 0.888. The van der Waals surface area contributed by atoms with Gasteiger partial charge in [0.05, 0.1) is 11.3 Å². The van der Waals surface area contributed by atoms with Crippen LogP contribution in [0.3, 0.4) is 0 Å². The van der Waals surface area contributed by atoms with E-state index in [9.17, 15) is 4.79 Å². The third-order valence-corrected chi connectivity index (χ3v) is 3.05. The number of aryl methyl sites for hydroxylation is 1. The highest BCUT2D eigenvalue weighted by Crippen LogP contribution is 2.11. The molecule has 4 heteroatoms. The van der Waals surface area contributed by atoms with Gasteiger partial charge in [-0.25, -0.2) is 9.97 Å². The van der Waals surface area contributed by atoms with Gasteiger partial charge >= 0.3 is 0 Å². The summed E-state index contributed by atoms with van der Waals surface area (Å²) in [6.45, 7) is 6.41. The summed E-state index contributed by atoms with van der Waals surface area (Å²) in [6, 6.07) is 9.81. The van der Waals surface area contributed by atoms with E-state index in [0.29, 0.717) is 17.8 Å². The van der Waals surface area contributed by atoms with Crippen molar-refractivity contribution in [1.82, 2.24) is 15.3 Å². The normalized spacial score (nSPS) is 10.6. The van der Waals surface area contributed by atoms with Crippen LogP contribution in [0.2, 0.25) is 0 Å². The van der Waals surface area contributed by atoms with E-state index in [-0.39, 0.29) is 11.8 Å². The molecule has 1 aromatic heterocycles. The molecular weight excluding hydrogens is 250 g/mol. The van der Waals surface area contributed by atoms with Crippen molar-refractivity contribution in [1.29, 1.82) is 0 Å². The van der Waals surface area contributed by atoms with Gasteiger partial charge in [0, 0.05) is 18.7 Å². The van der Waals surface area contributed by atoms with E-state index < -0.39 is 0 Å². The van der Waals surface area contributed by atoms with Gasteiger partial charge in [0.15, 0.2) is 0 Å². The van der Waals surface area contributed by atoms with Gasteiger partial charge in [-0.2, -0.15) is 0 Å².